The van der Waals surface area contributed by atoms with Crippen LogP contribution in [0.3, 0.4) is 0 Å². The molecule has 0 aromatic carbocycles. The second-order valence-corrected chi connectivity index (χ2v) is 4.22. The predicted octanol–water partition coefficient (Wildman–Crippen LogP) is 2.69. The standard InChI is InChI=1S/C13H25N5O/c1-4-7-8-9-10-15-12-16-11(14-5-2)17-13(18-12)19-6-3/h4-10H2,1-3H3,(H2,14,15,16,17,18). The molecule has 1 rings (SSSR count). The molecule has 19 heavy (non-hydrogen) atoms. The Balaban J connectivity index is 2.54. The Bertz CT molecular complexity index is 335. The van der Waals surface area contributed by atoms with Crippen molar-refractivity contribution < 1.29 is 4.74 Å². The fraction of sp³-hybridized carbons (Fsp3) is 0.769. The zero-order valence-corrected chi connectivity index (χ0v) is 12.2. The predicted molar refractivity (Wildman–Crippen MR) is 77.8 cm³/mol. The highest BCUT2D eigenvalue weighted by molar-refractivity contribution is 5.35. The van der Waals surface area contributed by atoms with Crippen LogP contribution in [0.2, 0.25) is 0 Å². The number of anilines is 2. The maximum atomic E-state index is 5.34. The van der Waals surface area contributed by atoms with Crippen molar-refractivity contribution in [1.29, 1.82) is 0 Å². The van der Waals surface area contributed by atoms with Crippen LogP contribution >= 0.6 is 0 Å². The van der Waals surface area contributed by atoms with E-state index in [1.165, 1.54) is 19.3 Å². The molecule has 108 valence electrons. The second-order valence-electron chi connectivity index (χ2n) is 4.22. The van der Waals surface area contributed by atoms with Gasteiger partial charge < -0.3 is 15.4 Å². The topological polar surface area (TPSA) is 72.0 Å². The van der Waals surface area contributed by atoms with Crippen LogP contribution in [-0.4, -0.2) is 34.6 Å². The Kier molecular flexibility index (Phi) is 7.62. The third-order valence-corrected chi connectivity index (χ3v) is 2.54. The highest BCUT2D eigenvalue weighted by Crippen LogP contribution is 2.11. The number of aromatic nitrogens is 3. The van der Waals surface area contributed by atoms with E-state index in [1.807, 2.05) is 13.8 Å². The van der Waals surface area contributed by atoms with E-state index in [4.69, 9.17) is 4.74 Å². The van der Waals surface area contributed by atoms with Crippen LogP contribution in [0.5, 0.6) is 6.01 Å². The minimum absolute atomic E-state index is 0.365. The molecule has 0 fully saturated rings. The molecule has 0 unspecified atom stereocenters. The summed E-state index contributed by atoms with van der Waals surface area (Å²) < 4.78 is 5.34. The van der Waals surface area contributed by atoms with Gasteiger partial charge in [-0.05, 0) is 20.3 Å². The summed E-state index contributed by atoms with van der Waals surface area (Å²) in [6.45, 7) is 8.31. The maximum absolute atomic E-state index is 5.34. The van der Waals surface area contributed by atoms with Crippen LogP contribution in [0, 0.1) is 0 Å². The summed E-state index contributed by atoms with van der Waals surface area (Å²) in [6.07, 6.45) is 4.86. The monoisotopic (exact) mass is 267 g/mol. The van der Waals surface area contributed by atoms with Crippen molar-refractivity contribution in [2.24, 2.45) is 0 Å². The Morgan fingerprint density at radius 1 is 0.895 bits per heavy atom. The number of hydrogen-bond acceptors (Lipinski definition) is 6. The van der Waals surface area contributed by atoms with Crippen molar-refractivity contribution in [3.05, 3.63) is 0 Å². The van der Waals surface area contributed by atoms with E-state index in [1.54, 1.807) is 0 Å². The van der Waals surface area contributed by atoms with E-state index in [0.29, 0.717) is 24.5 Å². The van der Waals surface area contributed by atoms with Gasteiger partial charge in [0, 0.05) is 13.1 Å². The highest BCUT2D eigenvalue weighted by Gasteiger charge is 2.06. The van der Waals surface area contributed by atoms with Gasteiger partial charge in [0.25, 0.3) is 0 Å². The van der Waals surface area contributed by atoms with Gasteiger partial charge in [0.15, 0.2) is 0 Å². The average molecular weight is 267 g/mol. The van der Waals surface area contributed by atoms with E-state index in [2.05, 4.69) is 32.5 Å². The summed E-state index contributed by atoms with van der Waals surface area (Å²) in [5, 5.41) is 6.29. The first-order valence-electron chi connectivity index (χ1n) is 7.16. The Morgan fingerprint density at radius 2 is 1.63 bits per heavy atom. The molecule has 0 saturated heterocycles. The third-order valence-electron chi connectivity index (χ3n) is 2.54. The quantitative estimate of drug-likeness (QED) is 0.635. The highest BCUT2D eigenvalue weighted by atomic mass is 16.5. The van der Waals surface area contributed by atoms with Crippen LogP contribution in [0.1, 0.15) is 46.5 Å². The summed E-state index contributed by atoms with van der Waals surface area (Å²) in [7, 11) is 0. The van der Waals surface area contributed by atoms with Gasteiger partial charge in [-0.3, -0.25) is 0 Å². The van der Waals surface area contributed by atoms with Crippen LogP contribution in [0.15, 0.2) is 0 Å². The molecule has 0 spiro atoms. The molecule has 0 amide bonds. The lowest BCUT2D eigenvalue weighted by Crippen LogP contribution is -2.11. The van der Waals surface area contributed by atoms with E-state index in [-0.39, 0.29) is 0 Å². The van der Waals surface area contributed by atoms with Crippen molar-refractivity contribution in [2.75, 3.05) is 30.3 Å². The van der Waals surface area contributed by atoms with Crippen molar-refractivity contribution >= 4 is 11.9 Å². The molecule has 6 nitrogen and oxygen atoms in total. The SMILES string of the molecule is CCCCCCNc1nc(NCC)nc(OCC)n1. The summed E-state index contributed by atoms with van der Waals surface area (Å²) in [4.78, 5) is 12.7. The molecule has 0 aliphatic rings. The van der Waals surface area contributed by atoms with E-state index in [0.717, 1.165) is 19.5 Å². The van der Waals surface area contributed by atoms with E-state index in [9.17, 15) is 0 Å². The van der Waals surface area contributed by atoms with Gasteiger partial charge in [-0.25, -0.2) is 0 Å². The Hall–Kier alpha value is -1.59. The first-order chi connectivity index (χ1) is 9.30. The normalized spacial score (nSPS) is 10.3. The van der Waals surface area contributed by atoms with Crippen molar-refractivity contribution in [2.45, 2.75) is 46.5 Å². The van der Waals surface area contributed by atoms with Gasteiger partial charge in [-0.15, -0.1) is 0 Å². The van der Waals surface area contributed by atoms with E-state index >= 15 is 0 Å². The molecule has 0 saturated carbocycles. The molecule has 1 heterocycles. The van der Waals surface area contributed by atoms with Gasteiger partial charge in [0.2, 0.25) is 11.9 Å². The molecule has 0 aliphatic carbocycles. The minimum atomic E-state index is 0.365. The molecular weight excluding hydrogens is 242 g/mol. The third kappa shape index (κ3) is 6.22. The zero-order chi connectivity index (χ0) is 13.9. The number of nitrogens with zero attached hydrogens (tertiary/aromatic N) is 3. The molecule has 1 aromatic heterocycles. The summed E-state index contributed by atoms with van der Waals surface area (Å²) in [6, 6.07) is 0.365. The minimum Gasteiger partial charge on any atom is -0.464 e. The Labute approximate surface area is 115 Å². The summed E-state index contributed by atoms with van der Waals surface area (Å²) >= 11 is 0. The fourth-order valence-electron chi connectivity index (χ4n) is 1.62. The second kappa shape index (κ2) is 9.35. The summed E-state index contributed by atoms with van der Waals surface area (Å²) in [5.74, 6) is 1.13. The largest absolute Gasteiger partial charge is 0.464 e. The van der Waals surface area contributed by atoms with Gasteiger partial charge >= 0.3 is 6.01 Å². The van der Waals surface area contributed by atoms with Crippen LogP contribution in [0.4, 0.5) is 11.9 Å². The van der Waals surface area contributed by atoms with Gasteiger partial charge in [-0.1, -0.05) is 26.2 Å². The number of ether oxygens (including phenoxy) is 1. The average Bonchev–Trinajstić information content (AvgIpc) is 2.39. The molecule has 2 N–H and O–H groups in total. The van der Waals surface area contributed by atoms with Crippen LogP contribution < -0.4 is 15.4 Å². The molecule has 0 radical (unpaired) electrons. The molecular formula is C13H25N5O. The molecule has 0 bridgehead atoms. The molecule has 1 aromatic rings. The number of hydrogen-bond donors (Lipinski definition) is 2. The van der Waals surface area contributed by atoms with Crippen molar-refractivity contribution in [1.82, 2.24) is 15.0 Å². The van der Waals surface area contributed by atoms with Gasteiger partial charge in [-0.2, -0.15) is 15.0 Å². The van der Waals surface area contributed by atoms with E-state index < -0.39 is 0 Å². The Morgan fingerprint density at radius 3 is 2.26 bits per heavy atom. The van der Waals surface area contributed by atoms with Crippen molar-refractivity contribution in [3.63, 3.8) is 0 Å². The van der Waals surface area contributed by atoms with Gasteiger partial charge in [0.1, 0.15) is 0 Å². The molecule has 0 atom stereocenters. The summed E-state index contributed by atoms with van der Waals surface area (Å²) in [5.41, 5.74) is 0. The lowest BCUT2D eigenvalue weighted by Gasteiger charge is -2.09. The number of unbranched alkanes of at least 4 members (excludes halogenated alkanes) is 3. The van der Waals surface area contributed by atoms with Crippen LogP contribution in [-0.2, 0) is 0 Å². The molecule has 6 heteroatoms. The maximum Gasteiger partial charge on any atom is 0.323 e. The fourth-order valence-corrected chi connectivity index (χ4v) is 1.62. The van der Waals surface area contributed by atoms with Gasteiger partial charge in [0.05, 0.1) is 6.61 Å². The molecule has 0 aliphatic heterocycles. The van der Waals surface area contributed by atoms with Crippen LogP contribution in [0.25, 0.3) is 0 Å². The zero-order valence-electron chi connectivity index (χ0n) is 12.2. The number of nitrogens with one attached hydrogen (secondary N) is 2. The first-order valence-corrected chi connectivity index (χ1v) is 7.16. The smallest absolute Gasteiger partial charge is 0.323 e. The first kappa shape index (κ1) is 15.5. The lowest BCUT2D eigenvalue weighted by molar-refractivity contribution is 0.312. The number of rotatable bonds is 10. The lowest BCUT2D eigenvalue weighted by atomic mass is 10.2. The van der Waals surface area contributed by atoms with Crippen molar-refractivity contribution in [3.8, 4) is 6.01 Å².